The minimum atomic E-state index is -0.102. The zero-order valence-corrected chi connectivity index (χ0v) is 35.4. The Hall–Kier alpha value is -6.59. The Kier molecular flexibility index (Phi) is 9.43. The Morgan fingerprint density at radius 2 is 1.05 bits per heavy atom. The van der Waals surface area contributed by atoms with Crippen LogP contribution in [0.4, 0.5) is 11.4 Å². The third-order valence-corrected chi connectivity index (χ3v) is 11.9. The third-order valence-electron chi connectivity index (χ3n) is 11.9. The van der Waals surface area contributed by atoms with E-state index in [0.29, 0.717) is 6.67 Å². The molecule has 0 aliphatic carbocycles. The number of hydrogen-bond donors (Lipinski definition) is 0. The van der Waals surface area contributed by atoms with Gasteiger partial charge in [0.25, 0.3) is 0 Å². The van der Waals surface area contributed by atoms with Gasteiger partial charge in [-0.2, -0.15) is 0 Å². The Morgan fingerprint density at radius 1 is 0.475 bits per heavy atom. The number of benzene rings is 6. The number of allylic oxidation sites excluding steroid dienone is 2. The summed E-state index contributed by atoms with van der Waals surface area (Å²) in [6.45, 7) is 18.7. The molecule has 0 saturated heterocycles. The Balaban J connectivity index is 1.10. The molecule has 5 nitrogen and oxygen atoms in total. The molecular formula is C54H52N4O. The number of ether oxygens (including phenoxy) is 1. The average Bonchev–Trinajstić information content (AvgIpc) is 3.73. The molecule has 1 aliphatic heterocycles. The van der Waals surface area contributed by atoms with Crippen molar-refractivity contribution < 1.29 is 4.74 Å². The Bertz CT molecular complexity index is 2820. The highest BCUT2D eigenvalue weighted by Gasteiger charge is 2.28. The normalized spacial score (nSPS) is 13.6. The van der Waals surface area contributed by atoms with Crippen LogP contribution in [0.2, 0.25) is 0 Å². The van der Waals surface area contributed by atoms with E-state index in [9.17, 15) is 0 Å². The molecule has 5 heteroatoms. The van der Waals surface area contributed by atoms with Crippen LogP contribution in [-0.4, -0.2) is 16.2 Å². The minimum absolute atomic E-state index is 0.00371. The van der Waals surface area contributed by atoms with Crippen LogP contribution in [0, 0.1) is 0 Å². The summed E-state index contributed by atoms with van der Waals surface area (Å²) in [6, 6.07) is 54.4. The molecule has 6 aromatic carbocycles. The van der Waals surface area contributed by atoms with E-state index in [2.05, 4.69) is 221 Å². The maximum Gasteiger partial charge on any atom is 0.137 e. The Morgan fingerprint density at radius 3 is 1.68 bits per heavy atom. The second kappa shape index (κ2) is 14.7. The van der Waals surface area contributed by atoms with Gasteiger partial charge in [-0.15, -0.1) is 0 Å². The van der Waals surface area contributed by atoms with Gasteiger partial charge < -0.3 is 14.5 Å². The van der Waals surface area contributed by atoms with E-state index in [1.165, 1.54) is 61.2 Å². The van der Waals surface area contributed by atoms with Crippen LogP contribution >= 0.6 is 0 Å². The highest BCUT2D eigenvalue weighted by Crippen LogP contribution is 2.42. The molecule has 294 valence electrons. The summed E-state index contributed by atoms with van der Waals surface area (Å²) in [4.78, 5) is 9.75. The van der Waals surface area contributed by atoms with Gasteiger partial charge in [0.1, 0.15) is 17.3 Å². The van der Waals surface area contributed by atoms with Crippen LogP contribution in [0.5, 0.6) is 11.5 Å². The smallest absolute Gasteiger partial charge is 0.137 e. The number of fused-ring (bicyclic) bond motifs is 3. The van der Waals surface area contributed by atoms with Crippen LogP contribution in [-0.2, 0) is 10.8 Å². The fourth-order valence-corrected chi connectivity index (χ4v) is 8.29. The number of hydrogen-bond acceptors (Lipinski definition) is 4. The summed E-state index contributed by atoms with van der Waals surface area (Å²) in [5, 5.41) is 2.36. The first-order valence-corrected chi connectivity index (χ1v) is 20.6. The maximum absolute atomic E-state index is 6.90. The molecule has 0 fully saturated rings. The van der Waals surface area contributed by atoms with Gasteiger partial charge in [-0.3, -0.25) is 4.57 Å². The second-order valence-corrected chi connectivity index (χ2v) is 17.9. The number of anilines is 2. The zero-order chi connectivity index (χ0) is 41.1. The lowest BCUT2D eigenvalue weighted by Gasteiger charge is -2.27. The SMILES string of the molecule is CC1=C(C)N(c2cc(Oc3ccc4c5ccccc5n(-c5cc(C(C)(C)C)ccn5)c4c3)cc(C(C)(C)C)c2)CN1c1cc(-c2ccccc2)cc(-c2ccccc2)c1. The van der Waals surface area contributed by atoms with Gasteiger partial charge in [0.15, 0.2) is 0 Å². The van der Waals surface area contributed by atoms with Crippen molar-refractivity contribution in [2.75, 3.05) is 16.5 Å². The molecule has 0 saturated carbocycles. The van der Waals surface area contributed by atoms with Crippen molar-refractivity contribution >= 4 is 33.2 Å². The highest BCUT2D eigenvalue weighted by atomic mass is 16.5. The molecule has 0 amide bonds. The van der Waals surface area contributed by atoms with Crippen molar-refractivity contribution in [1.82, 2.24) is 9.55 Å². The van der Waals surface area contributed by atoms with E-state index in [0.717, 1.165) is 34.0 Å². The van der Waals surface area contributed by atoms with E-state index < -0.39 is 0 Å². The molecular weight excluding hydrogens is 721 g/mol. The molecule has 0 atom stereocenters. The lowest BCUT2D eigenvalue weighted by molar-refractivity contribution is 0.479. The van der Waals surface area contributed by atoms with Gasteiger partial charge in [0.05, 0.1) is 17.7 Å². The van der Waals surface area contributed by atoms with Gasteiger partial charge in [0.2, 0.25) is 0 Å². The lowest BCUT2D eigenvalue weighted by Crippen LogP contribution is -2.27. The predicted molar refractivity (Wildman–Crippen MR) is 248 cm³/mol. The summed E-state index contributed by atoms with van der Waals surface area (Å²) in [5.41, 5.74) is 14.0. The molecule has 0 unspecified atom stereocenters. The second-order valence-electron chi connectivity index (χ2n) is 17.9. The number of pyridine rings is 1. The first-order chi connectivity index (χ1) is 28.3. The van der Waals surface area contributed by atoms with Crippen molar-refractivity contribution in [2.45, 2.75) is 66.2 Å². The average molecular weight is 773 g/mol. The van der Waals surface area contributed by atoms with E-state index in [1.54, 1.807) is 0 Å². The molecule has 8 aromatic rings. The van der Waals surface area contributed by atoms with Crippen molar-refractivity contribution in [3.05, 3.63) is 180 Å². The van der Waals surface area contributed by atoms with Gasteiger partial charge >= 0.3 is 0 Å². The number of aromatic nitrogens is 2. The summed E-state index contributed by atoms with van der Waals surface area (Å²) < 4.78 is 9.17. The topological polar surface area (TPSA) is 33.5 Å². The van der Waals surface area contributed by atoms with E-state index >= 15 is 0 Å². The zero-order valence-electron chi connectivity index (χ0n) is 35.4. The van der Waals surface area contributed by atoms with E-state index in [1.807, 2.05) is 6.20 Å². The highest BCUT2D eigenvalue weighted by molar-refractivity contribution is 6.09. The standard InChI is InChI=1S/C54H52N4O/c1-36-37(2)57(35-56(36)44-28-40(38-17-11-9-12-18-38)27-41(29-44)39-19-13-10-14-20-39)45-30-43(54(6,7)8)31-47(33-45)59-46-23-24-49-48-21-15-16-22-50(48)58(51(49)34-46)52-32-42(25-26-55-52)53(3,4)5/h9-34H,35H2,1-8H3. The maximum atomic E-state index is 6.90. The fraction of sp³-hybridized carbons (Fsp3) is 0.204. The molecule has 9 rings (SSSR count). The van der Waals surface area contributed by atoms with Crippen LogP contribution in [0.15, 0.2) is 169 Å². The third kappa shape index (κ3) is 7.27. The molecule has 59 heavy (non-hydrogen) atoms. The van der Waals surface area contributed by atoms with Crippen molar-refractivity contribution in [3.8, 4) is 39.6 Å². The number of nitrogens with zero attached hydrogens (tertiary/aromatic N) is 4. The number of para-hydroxylation sites is 1. The van der Waals surface area contributed by atoms with E-state index in [-0.39, 0.29) is 10.8 Å². The van der Waals surface area contributed by atoms with Crippen LogP contribution in [0.1, 0.15) is 66.5 Å². The summed E-state index contributed by atoms with van der Waals surface area (Å²) in [6.07, 6.45) is 1.93. The quantitative estimate of drug-likeness (QED) is 0.162. The Labute approximate surface area is 348 Å². The van der Waals surface area contributed by atoms with Gasteiger partial charge in [0, 0.05) is 51.9 Å². The number of rotatable bonds is 7. The van der Waals surface area contributed by atoms with E-state index in [4.69, 9.17) is 9.72 Å². The van der Waals surface area contributed by atoms with Gasteiger partial charge in [-0.25, -0.2) is 4.98 Å². The molecule has 0 N–H and O–H groups in total. The monoisotopic (exact) mass is 772 g/mol. The molecule has 0 bridgehead atoms. The van der Waals surface area contributed by atoms with Crippen LogP contribution in [0.25, 0.3) is 49.9 Å². The van der Waals surface area contributed by atoms with Gasteiger partial charge in [-0.05, 0) is 119 Å². The summed E-state index contributed by atoms with van der Waals surface area (Å²) in [5.74, 6) is 2.49. The fourth-order valence-electron chi connectivity index (χ4n) is 8.29. The van der Waals surface area contributed by atoms with Crippen molar-refractivity contribution in [3.63, 3.8) is 0 Å². The lowest BCUT2D eigenvalue weighted by atomic mass is 9.86. The molecule has 3 heterocycles. The van der Waals surface area contributed by atoms with Crippen molar-refractivity contribution in [2.24, 2.45) is 0 Å². The summed E-state index contributed by atoms with van der Waals surface area (Å²) in [7, 11) is 0. The van der Waals surface area contributed by atoms with Crippen LogP contribution in [0.3, 0.4) is 0 Å². The first kappa shape index (κ1) is 38.0. The molecule has 0 spiro atoms. The molecule has 2 aromatic heterocycles. The first-order valence-electron chi connectivity index (χ1n) is 20.6. The van der Waals surface area contributed by atoms with Crippen molar-refractivity contribution in [1.29, 1.82) is 0 Å². The van der Waals surface area contributed by atoms with Gasteiger partial charge in [-0.1, -0.05) is 120 Å². The predicted octanol–water partition coefficient (Wildman–Crippen LogP) is 14.4. The molecule has 1 aliphatic rings. The largest absolute Gasteiger partial charge is 0.457 e. The van der Waals surface area contributed by atoms with Crippen LogP contribution < -0.4 is 14.5 Å². The summed E-state index contributed by atoms with van der Waals surface area (Å²) >= 11 is 0. The molecule has 0 radical (unpaired) electrons. The minimum Gasteiger partial charge on any atom is -0.457 e.